The number of hydrogen-bond donors (Lipinski definition) is 3. The van der Waals surface area contributed by atoms with Gasteiger partial charge in [0.25, 0.3) is 11.8 Å². The molecule has 36 heavy (non-hydrogen) atoms. The summed E-state index contributed by atoms with van der Waals surface area (Å²) in [6, 6.07) is 14.0. The van der Waals surface area contributed by atoms with Crippen molar-refractivity contribution in [3.05, 3.63) is 86.9 Å². The number of amides is 2. The van der Waals surface area contributed by atoms with Gasteiger partial charge in [-0.3, -0.25) is 20.0 Å². The van der Waals surface area contributed by atoms with Gasteiger partial charge in [-0.1, -0.05) is 38.1 Å². The zero-order valence-corrected chi connectivity index (χ0v) is 22.3. The average molecular weight is 570 g/mol. The predicted octanol–water partition coefficient (Wildman–Crippen LogP) is 5.55. The molecule has 5 N–H and O–H groups in total. The summed E-state index contributed by atoms with van der Waals surface area (Å²) in [7, 11) is 0. The Morgan fingerprint density at radius 2 is 1.81 bits per heavy atom. The molecule has 2 amide bonds. The number of nitrogens with two attached hydrogens (primary N) is 2. The summed E-state index contributed by atoms with van der Waals surface area (Å²) < 4.78 is 15.3. The number of nitrogens with one attached hydrogen (secondary N) is 1. The van der Waals surface area contributed by atoms with E-state index in [0.29, 0.717) is 36.2 Å². The Kier molecular flexibility index (Phi) is 7.82. The van der Waals surface area contributed by atoms with Gasteiger partial charge in [0.1, 0.15) is 5.82 Å². The molecular formula is C27H26BrFN4O2S. The predicted molar refractivity (Wildman–Crippen MR) is 145 cm³/mol. The SMILES string of the molecule is CC(C)Cc1nc(CCc2ccc(F)cc2)c(C(=O)NN)c(-c2cc3cccc(Br)c3s2)c1C(N)=O. The van der Waals surface area contributed by atoms with Crippen LogP contribution in [0.1, 0.15) is 51.5 Å². The van der Waals surface area contributed by atoms with Crippen molar-refractivity contribution < 1.29 is 14.0 Å². The number of carbonyl (C=O) groups is 2. The van der Waals surface area contributed by atoms with E-state index in [0.717, 1.165) is 25.0 Å². The molecule has 0 fully saturated rings. The zero-order chi connectivity index (χ0) is 26.0. The molecule has 0 bridgehead atoms. The van der Waals surface area contributed by atoms with Gasteiger partial charge in [-0.15, -0.1) is 11.3 Å². The van der Waals surface area contributed by atoms with Crippen LogP contribution in [0, 0.1) is 11.7 Å². The van der Waals surface area contributed by atoms with E-state index >= 15 is 0 Å². The second kappa shape index (κ2) is 10.9. The van der Waals surface area contributed by atoms with Gasteiger partial charge in [-0.05, 0) is 76.3 Å². The summed E-state index contributed by atoms with van der Waals surface area (Å²) in [6.07, 6.45) is 1.42. The zero-order valence-electron chi connectivity index (χ0n) is 19.9. The number of pyridine rings is 1. The van der Waals surface area contributed by atoms with Crippen LogP contribution in [0.15, 0.2) is 53.0 Å². The Labute approximate surface area is 221 Å². The molecule has 0 radical (unpaired) electrons. The van der Waals surface area contributed by atoms with Crippen LogP contribution in [0.25, 0.3) is 20.5 Å². The summed E-state index contributed by atoms with van der Waals surface area (Å²) in [6.45, 7) is 4.06. The molecule has 2 aromatic heterocycles. The third-order valence-corrected chi connectivity index (χ3v) is 7.98. The van der Waals surface area contributed by atoms with E-state index in [4.69, 9.17) is 16.6 Å². The lowest BCUT2D eigenvalue weighted by atomic mass is 9.91. The molecule has 0 spiro atoms. The van der Waals surface area contributed by atoms with Crippen molar-refractivity contribution in [2.75, 3.05) is 0 Å². The van der Waals surface area contributed by atoms with Gasteiger partial charge in [0.2, 0.25) is 0 Å². The number of thiophene rings is 1. The molecule has 0 aliphatic carbocycles. The lowest BCUT2D eigenvalue weighted by Gasteiger charge is -2.20. The van der Waals surface area contributed by atoms with Gasteiger partial charge in [0.05, 0.1) is 22.5 Å². The summed E-state index contributed by atoms with van der Waals surface area (Å²) >= 11 is 5.05. The number of nitrogen functional groups attached to an aromatic ring is 1. The molecule has 0 saturated carbocycles. The van der Waals surface area contributed by atoms with Crippen molar-refractivity contribution in [2.45, 2.75) is 33.1 Å². The molecule has 6 nitrogen and oxygen atoms in total. The van der Waals surface area contributed by atoms with Crippen LogP contribution < -0.4 is 17.0 Å². The Balaban J connectivity index is 1.99. The van der Waals surface area contributed by atoms with Gasteiger partial charge in [-0.25, -0.2) is 10.2 Å². The third-order valence-electron chi connectivity index (χ3n) is 5.86. The Morgan fingerprint density at radius 1 is 1.08 bits per heavy atom. The Morgan fingerprint density at radius 3 is 2.42 bits per heavy atom. The second-order valence-electron chi connectivity index (χ2n) is 8.96. The Bertz CT molecular complexity index is 1450. The van der Waals surface area contributed by atoms with Crippen molar-refractivity contribution in [1.82, 2.24) is 10.4 Å². The fraction of sp³-hybridized carbons (Fsp3) is 0.222. The lowest BCUT2D eigenvalue weighted by Crippen LogP contribution is -2.33. The molecule has 4 aromatic rings. The topological polar surface area (TPSA) is 111 Å². The van der Waals surface area contributed by atoms with Gasteiger partial charge in [-0.2, -0.15) is 0 Å². The minimum atomic E-state index is -0.652. The van der Waals surface area contributed by atoms with E-state index in [1.165, 1.54) is 23.5 Å². The van der Waals surface area contributed by atoms with Crippen LogP contribution >= 0.6 is 27.3 Å². The fourth-order valence-corrected chi connectivity index (χ4v) is 6.04. The molecule has 186 valence electrons. The van der Waals surface area contributed by atoms with E-state index < -0.39 is 11.8 Å². The molecule has 0 unspecified atom stereocenters. The second-order valence-corrected chi connectivity index (χ2v) is 10.9. The number of aryl methyl sites for hydroxylation is 2. The molecule has 0 aliphatic rings. The van der Waals surface area contributed by atoms with Crippen LogP contribution in [0.3, 0.4) is 0 Å². The smallest absolute Gasteiger partial charge is 0.267 e. The number of hydrazine groups is 1. The standard InChI is InChI=1S/C27H26BrFN4O2S/c1-14(2)12-20-22(26(30)34)24(21-13-16-4-3-5-18(28)25(16)36-21)23(27(35)33-31)19(32-20)11-8-15-6-9-17(29)10-7-15/h3-7,9-10,13-14H,8,11-12,31H2,1-2H3,(H2,30,34)(H,33,35). The molecule has 0 atom stereocenters. The van der Waals surface area contributed by atoms with E-state index in [9.17, 15) is 14.0 Å². The normalized spacial score (nSPS) is 11.3. The summed E-state index contributed by atoms with van der Waals surface area (Å²) in [5, 5.41) is 0.967. The van der Waals surface area contributed by atoms with Crippen LogP contribution in [0.4, 0.5) is 4.39 Å². The number of benzene rings is 2. The highest BCUT2D eigenvalue weighted by Gasteiger charge is 2.29. The van der Waals surface area contributed by atoms with Gasteiger partial charge in [0, 0.05) is 19.6 Å². The first-order valence-corrected chi connectivity index (χ1v) is 13.1. The molecule has 0 saturated heterocycles. The van der Waals surface area contributed by atoms with Crippen molar-refractivity contribution in [3.8, 4) is 10.4 Å². The molecule has 2 aromatic carbocycles. The number of rotatable bonds is 8. The largest absolute Gasteiger partial charge is 0.366 e. The minimum Gasteiger partial charge on any atom is -0.366 e. The van der Waals surface area contributed by atoms with Crippen molar-refractivity contribution in [2.24, 2.45) is 17.5 Å². The van der Waals surface area contributed by atoms with Crippen LogP contribution in [0.5, 0.6) is 0 Å². The van der Waals surface area contributed by atoms with Crippen LogP contribution in [-0.4, -0.2) is 16.8 Å². The Hall–Kier alpha value is -3.14. The number of primary amides is 1. The number of carbonyl (C=O) groups excluding carboxylic acids is 2. The first-order valence-electron chi connectivity index (χ1n) is 11.5. The summed E-state index contributed by atoms with van der Waals surface area (Å²) in [4.78, 5) is 31.6. The summed E-state index contributed by atoms with van der Waals surface area (Å²) in [5.74, 6) is 4.27. The fourth-order valence-electron chi connectivity index (χ4n) is 4.30. The van der Waals surface area contributed by atoms with Crippen molar-refractivity contribution in [3.63, 3.8) is 0 Å². The summed E-state index contributed by atoms with van der Waals surface area (Å²) in [5.41, 5.74) is 11.0. The van der Waals surface area contributed by atoms with Gasteiger partial charge < -0.3 is 5.73 Å². The maximum atomic E-state index is 13.4. The number of halogens is 2. The van der Waals surface area contributed by atoms with Crippen LogP contribution in [-0.2, 0) is 19.3 Å². The van der Waals surface area contributed by atoms with E-state index in [2.05, 4.69) is 21.4 Å². The maximum absolute atomic E-state index is 13.4. The quantitative estimate of drug-likeness (QED) is 0.147. The van der Waals surface area contributed by atoms with Gasteiger partial charge in [0.15, 0.2) is 0 Å². The van der Waals surface area contributed by atoms with Crippen molar-refractivity contribution >= 4 is 49.2 Å². The minimum absolute atomic E-state index is 0.194. The molecular weight excluding hydrogens is 543 g/mol. The van der Waals surface area contributed by atoms with E-state index in [1.54, 1.807) is 12.1 Å². The van der Waals surface area contributed by atoms with E-state index in [-0.39, 0.29) is 22.9 Å². The first-order chi connectivity index (χ1) is 17.2. The molecule has 9 heteroatoms. The monoisotopic (exact) mass is 568 g/mol. The maximum Gasteiger partial charge on any atom is 0.267 e. The third kappa shape index (κ3) is 5.33. The highest BCUT2D eigenvalue weighted by Crippen LogP contribution is 2.41. The molecule has 0 aliphatic heterocycles. The number of hydrogen-bond acceptors (Lipinski definition) is 5. The van der Waals surface area contributed by atoms with E-state index in [1.807, 2.05) is 38.1 Å². The van der Waals surface area contributed by atoms with Crippen LogP contribution in [0.2, 0.25) is 0 Å². The number of aromatic nitrogens is 1. The average Bonchev–Trinajstić information content (AvgIpc) is 3.27. The van der Waals surface area contributed by atoms with Crippen molar-refractivity contribution in [1.29, 1.82) is 0 Å². The number of fused-ring (bicyclic) bond motifs is 1. The highest BCUT2D eigenvalue weighted by atomic mass is 79.9. The highest BCUT2D eigenvalue weighted by molar-refractivity contribution is 9.10. The molecule has 4 rings (SSSR count). The first kappa shape index (κ1) is 25.9. The molecule has 2 heterocycles. The van der Waals surface area contributed by atoms with Gasteiger partial charge >= 0.3 is 0 Å². The lowest BCUT2D eigenvalue weighted by molar-refractivity contribution is 0.0953. The number of nitrogens with zero attached hydrogens (tertiary/aromatic N) is 1.